The zero-order valence-electron chi connectivity index (χ0n) is 6.42. The summed E-state index contributed by atoms with van der Waals surface area (Å²) in [5.74, 6) is 1.01. The molecule has 0 aliphatic rings. The molecular formula is C8H13NO. The van der Waals surface area contributed by atoms with Crippen molar-refractivity contribution in [3.05, 3.63) is 23.7 Å². The predicted molar refractivity (Wildman–Crippen MR) is 40.8 cm³/mol. The maximum absolute atomic E-state index is 5.59. The third kappa shape index (κ3) is 1.61. The number of nitrogens with two attached hydrogens (primary N) is 1. The molecule has 1 aromatic heterocycles. The Hall–Kier alpha value is -0.760. The van der Waals surface area contributed by atoms with Crippen molar-refractivity contribution in [2.75, 3.05) is 0 Å². The molecule has 2 N–H and O–H groups in total. The lowest BCUT2D eigenvalue weighted by Crippen LogP contribution is -2.17. The molecule has 1 aromatic rings. The zero-order valence-corrected chi connectivity index (χ0v) is 6.42. The molecule has 0 saturated carbocycles. The summed E-state index contributed by atoms with van der Waals surface area (Å²) < 4.78 is 5.20. The van der Waals surface area contributed by atoms with Gasteiger partial charge >= 0.3 is 0 Å². The quantitative estimate of drug-likeness (QED) is 0.674. The summed E-state index contributed by atoms with van der Waals surface area (Å²) in [5, 5.41) is 0. The van der Waals surface area contributed by atoms with Gasteiger partial charge in [-0.25, -0.2) is 0 Å². The molecule has 0 unspecified atom stereocenters. The number of aryl methyl sites for hydroxylation is 1. The van der Waals surface area contributed by atoms with Crippen molar-refractivity contribution in [2.24, 2.45) is 5.73 Å². The molecule has 0 fully saturated rings. The summed E-state index contributed by atoms with van der Waals surface area (Å²) >= 11 is 0. The second kappa shape index (κ2) is 2.88. The highest BCUT2D eigenvalue weighted by Crippen LogP contribution is 2.09. The second-order valence-electron chi connectivity index (χ2n) is 2.71. The molecule has 10 heavy (non-hydrogen) atoms. The Morgan fingerprint density at radius 2 is 2.40 bits per heavy atom. The van der Waals surface area contributed by atoms with E-state index in [-0.39, 0.29) is 6.04 Å². The highest BCUT2D eigenvalue weighted by molar-refractivity contribution is 5.15. The molecule has 0 amide bonds. The van der Waals surface area contributed by atoms with Crippen LogP contribution in [0.4, 0.5) is 0 Å². The van der Waals surface area contributed by atoms with Crippen LogP contribution in [0.5, 0.6) is 0 Å². The Morgan fingerprint density at radius 3 is 2.80 bits per heavy atom. The van der Waals surface area contributed by atoms with E-state index in [4.69, 9.17) is 10.2 Å². The van der Waals surface area contributed by atoms with E-state index in [9.17, 15) is 0 Å². The van der Waals surface area contributed by atoms with E-state index < -0.39 is 0 Å². The Kier molecular flexibility index (Phi) is 2.12. The van der Waals surface area contributed by atoms with Gasteiger partial charge < -0.3 is 10.2 Å². The molecule has 1 heterocycles. The molecule has 0 aliphatic carbocycles. The summed E-state index contributed by atoms with van der Waals surface area (Å²) in [6.07, 6.45) is 2.53. The van der Waals surface area contributed by atoms with Crippen LogP contribution in [-0.2, 0) is 6.42 Å². The van der Waals surface area contributed by atoms with Crippen LogP contribution in [0.1, 0.15) is 18.2 Å². The fourth-order valence-corrected chi connectivity index (χ4v) is 0.906. The van der Waals surface area contributed by atoms with Crippen LogP contribution in [0.2, 0.25) is 0 Å². The topological polar surface area (TPSA) is 39.2 Å². The van der Waals surface area contributed by atoms with Gasteiger partial charge in [-0.3, -0.25) is 0 Å². The number of furan rings is 1. The monoisotopic (exact) mass is 139 g/mol. The first kappa shape index (κ1) is 7.35. The van der Waals surface area contributed by atoms with E-state index in [1.54, 1.807) is 6.26 Å². The average Bonchev–Trinajstić information content (AvgIpc) is 2.15. The first-order valence-electron chi connectivity index (χ1n) is 3.48. The Labute approximate surface area is 61.0 Å². The van der Waals surface area contributed by atoms with Crippen LogP contribution in [0.25, 0.3) is 0 Å². The molecule has 56 valence electrons. The van der Waals surface area contributed by atoms with Crippen molar-refractivity contribution in [2.45, 2.75) is 26.3 Å². The fourth-order valence-electron chi connectivity index (χ4n) is 0.906. The molecule has 0 aromatic carbocycles. The number of rotatable bonds is 2. The minimum Gasteiger partial charge on any atom is -0.469 e. The van der Waals surface area contributed by atoms with Crippen LogP contribution in [0.3, 0.4) is 0 Å². The van der Waals surface area contributed by atoms with Gasteiger partial charge in [-0.05, 0) is 25.5 Å². The van der Waals surface area contributed by atoms with Crippen molar-refractivity contribution in [1.29, 1.82) is 0 Å². The lowest BCUT2D eigenvalue weighted by Gasteiger charge is -2.01. The van der Waals surface area contributed by atoms with Gasteiger partial charge in [0.1, 0.15) is 5.76 Å². The summed E-state index contributed by atoms with van der Waals surface area (Å²) in [5.41, 5.74) is 6.78. The molecule has 0 bridgehead atoms. The van der Waals surface area contributed by atoms with Gasteiger partial charge in [0.15, 0.2) is 0 Å². The lowest BCUT2D eigenvalue weighted by molar-refractivity contribution is 0.489. The van der Waals surface area contributed by atoms with E-state index in [0.717, 1.165) is 12.2 Å². The maximum atomic E-state index is 5.59. The van der Waals surface area contributed by atoms with Crippen LogP contribution < -0.4 is 5.73 Å². The normalized spacial score (nSPS) is 13.5. The second-order valence-corrected chi connectivity index (χ2v) is 2.71. The van der Waals surface area contributed by atoms with E-state index >= 15 is 0 Å². The van der Waals surface area contributed by atoms with Gasteiger partial charge in [0.25, 0.3) is 0 Å². The van der Waals surface area contributed by atoms with Gasteiger partial charge in [0, 0.05) is 12.5 Å². The maximum Gasteiger partial charge on any atom is 0.108 e. The minimum absolute atomic E-state index is 0.185. The largest absolute Gasteiger partial charge is 0.469 e. The van der Waals surface area contributed by atoms with Crippen LogP contribution >= 0.6 is 0 Å². The molecule has 1 atom stereocenters. The van der Waals surface area contributed by atoms with Gasteiger partial charge in [-0.2, -0.15) is 0 Å². The summed E-state index contributed by atoms with van der Waals surface area (Å²) in [7, 11) is 0. The van der Waals surface area contributed by atoms with E-state index in [1.165, 1.54) is 5.56 Å². The Bertz CT molecular complexity index is 203. The third-order valence-electron chi connectivity index (χ3n) is 1.48. The highest BCUT2D eigenvalue weighted by Gasteiger charge is 2.03. The van der Waals surface area contributed by atoms with Crippen LogP contribution in [0, 0.1) is 6.92 Å². The van der Waals surface area contributed by atoms with Gasteiger partial charge in [-0.1, -0.05) is 0 Å². The van der Waals surface area contributed by atoms with Crippen molar-refractivity contribution >= 4 is 0 Å². The zero-order chi connectivity index (χ0) is 7.56. The molecule has 0 aliphatic heterocycles. The summed E-state index contributed by atoms with van der Waals surface area (Å²) in [6.45, 7) is 4.00. The molecule has 2 heteroatoms. The van der Waals surface area contributed by atoms with E-state index in [2.05, 4.69) is 0 Å². The number of hydrogen-bond donors (Lipinski definition) is 1. The Balaban J connectivity index is 2.65. The minimum atomic E-state index is 0.185. The lowest BCUT2D eigenvalue weighted by atomic mass is 10.1. The van der Waals surface area contributed by atoms with Gasteiger partial charge in [-0.15, -0.1) is 0 Å². The molecule has 1 rings (SSSR count). The first-order valence-corrected chi connectivity index (χ1v) is 3.48. The summed E-state index contributed by atoms with van der Waals surface area (Å²) in [6, 6.07) is 2.14. The van der Waals surface area contributed by atoms with Crippen LogP contribution in [0.15, 0.2) is 16.7 Å². The molecule has 0 spiro atoms. The van der Waals surface area contributed by atoms with Crippen molar-refractivity contribution in [1.82, 2.24) is 0 Å². The smallest absolute Gasteiger partial charge is 0.108 e. The average molecular weight is 139 g/mol. The first-order chi connectivity index (χ1) is 4.70. The van der Waals surface area contributed by atoms with E-state index in [0.29, 0.717) is 0 Å². The van der Waals surface area contributed by atoms with Crippen molar-refractivity contribution in [3.8, 4) is 0 Å². The molecule has 0 radical (unpaired) electrons. The van der Waals surface area contributed by atoms with E-state index in [1.807, 2.05) is 19.9 Å². The molecular weight excluding hydrogens is 126 g/mol. The van der Waals surface area contributed by atoms with Gasteiger partial charge in [0.05, 0.1) is 6.26 Å². The Morgan fingerprint density at radius 1 is 1.70 bits per heavy atom. The molecule has 0 saturated heterocycles. The van der Waals surface area contributed by atoms with Crippen molar-refractivity contribution in [3.63, 3.8) is 0 Å². The third-order valence-corrected chi connectivity index (χ3v) is 1.48. The highest BCUT2D eigenvalue weighted by atomic mass is 16.3. The number of hydrogen-bond acceptors (Lipinski definition) is 2. The SMILES string of the molecule is Cc1ccoc1C[C@H](C)N. The fraction of sp³-hybridized carbons (Fsp3) is 0.500. The van der Waals surface area contributed by atoms with Gasteiger partial charge in [0.2, 0.25) is 0 Å². The standard InChI is InChI=1S/C8H13NO/c1-6-3-4-10-8(6)5-7(2)9/h3-4,7H,5,9H2,1-2H3/t7-/m0/s1. The van der Waals surface area contributed by atoms with Crippen LogP contribution in [-0.4, -0.2) is 6.04 Å². The van der Waals surface area contributed by atoms with Crippen molar-refractivity contribution < 1.29 is 4.42 Å². The molecule has 2 nitrogen and oxygen atoms in total. The summed E-state index contributed by atoms with van der Waals surface area (Å²) in [4.78, 5) is 0. The predicted octanol–water partition coefficient (Wildman–Crippen LogP) is 1.48.